The van der Waals surface area contributed by atoms with E-state index in [-0.39, 0.29) is 0 Å². The Morgan fingerprint density at radius 3 is 2.61 bits per heavy atom. The van der Waals surface area contributed by atoms with Crippen LogP contribution < -0.4 is 15.4 Å². The van der Waals surface area contributed by atoms with E-state index in [2.05, 4.69) is 27.8 Å². The lowest BCUT2D eigenvalue weighted by Crippen LogP contribution is -2.21. The summed E-state index contributed by atoms with van der Waals surface area (Å²) in [4.78, 5) is 12.1. The minimum atomic E-state index is -0.394. The fraction of sp³-hybridized carbons (Fsp3) is 0.188. The van der Waals surface area contributed by atoms with Gasteiger partial charge in [-0.05, 0) is 36.2 Å². The van der Waals surface area contributed by atoms with Crippen molar-refractivity contribution in [2.24, 2.45) is 0 Å². The van der Waals surface area contributed by atoms with E-state index in [1.54, 1.807) is 23.6 Å². The number of nitrogens with zero attached hydrogens (tertiary/aromatic N) is 3. The monoisotopic (exact) mass is 311 g/mol. The van der Waals surface area contributed by atoms with Gasteiger partial charge in [0.05, 0.1) is 7.11 Å². The van der Waals surface area contributed by atoms with Crippen LogP contribution in [-0.2, 0) is 6.42 Å². The summed E-state index contributed by atoms with van der Waals surface area (Å²) < 4.78 is 6.89. The van der Waals surface area contributed by atoms with Gasteiger partial charge in [-0.15, -0.1) is 10.2 Å². The molecule has 1 aromatic carbocycles. The third kappa shape index (κ3) is 3.08. The van der Waals surface area contributed by atoms with E-state index in [0.717, 1.165) is 6.42 Å². The standard InChI is InChI=1S/C16H17N5O2/c1-3-11-7-9-12(10-8-11)17-16(22)18-15-20-19-13-5-4-6-14(23-2)21(13)15/h4-10H,3H2,1-2H3,(H2,17,18,20,22). The summed E-state index contributed by atoms with van der Waals surface area (Å²) in [7, 11) is 1.55. The topological polar surface area (TPSA) is 80.5 Å². The number of ether oxygens (including phenoxy) is 1. The number of carbonyl (C=O) groups is 1. The van der Waals surface area contributed by atoms with Crippen molar-refractivity contribution < 1.29 is 9.53 Å². The van der Waals surface area contributed by atoms with Crippen LogP contribution in [0.1, 0.15) is 12.5 Å². The van der Waals surface area contributed by atoms with Crippen molar-refractivity contribution in [3.05, 3.63) is 48.0 Å². The van der Waals surface area contributed by atoms with Gasteiger partial charge in [0.25, 0.3) is 0 Å². The van der Waals surface area contributed by atoms with Crippen molar-refractivity contribution in [2.75, 3.05) is 17.7 Å². The van der Waals surface area contributed by atoms with Crippen LogP contribution >= 0.6 is 0 Å². The Balaban J connectivity index is 1.77. The first kappa shape index (κ1) is 14.8. The molecule has 7 heteroatoms. The molecule has 3 aromatic rings. The minimum absolute atomic E-state index is 0.292. The van der Waals surface area contributed by atoms with Gasteiger partial charge >= 0.3 is 6.03 Å². The summed E-state index contributed by atoms with van der Waals surface area (Å²) in [6.45, 7) is 2.08. The number of carbonyl (C=O) groups excluding carboxylic acids is 1. The van der Waals surface area contributed by atoms with Crippen molar-refractivity contribution in [3.8, 4) is 5.88 Å². The van der Waals surface area contributed by atoms with Crippen molar-refractivity contribution in [2.45, 2.75) is 13.3 Å². The highest BCUT2D eigenvalue weighted by Gasteiger charge is 2.12. The van der Waals surface area contributed by atoms with Crippen LogP contribution in [0.3, 0.4) is 0 Å². The van der Waals surface area contributed by atoms with E-state index >= 15 is 0 Å². The number of pyridine rings is 1. The van der Waals surface area contributed by atoms with Gasteiger partial charge in [0.2, 0.25) is 11.8 Å². The molecular formula is C16H17N5O2. The van der Waals surface area contributed by atoms with Gasteiger partial charge in [0, 0.05) is 5.69 Å². The fourth-order valence-electron chi connectivity index (χ4n) is 2.24. The second-order valence-corrected chi connectivity index (χ2v) is 4.91. The third-order valence-electron chi connectivity index (χ3n) is 3.45. The van der Waals surface area contributed by atoms with Gasteiger partial charge in [-0.3, -0.25) is 5.32 Å². The lowest BCUT2D eigenvalue weighted by molar-refractivity contribution is 0.262. The largest absolute Gasteiger partial charge is 0.482 e. The maximum absolute atomic E-state index is 12.1. The van der Waals surface area contributed by atoms with Crippen molar-refractivity contribution in [1.82, 2.24) is 14.6 Å². The number of aryl methyl sites for hydroxylation is 1. The van der Waals surface area contributed by atoms with Crippen molar-refractivity contribution >= 4 is 23.3 Å². The van der Waals surface area contributed by atoms with E-state index in [9.17, 15) is 4.79 Å². The molecule has 0 saturated heterocycles. The first-order valence-corrected chi connectivity index (χ1v) is 7.26. The summed E-state index contributed by atoms with van der Waals surface area (Å²) in [6.07, 6.45) is 0.956. The number of aromatic nitrogens is 3. The number of fused-ring (bicyclic) bond motifs is 1. The number of benzene rings is 1. The van der Waals surface area contributed by atoms with E-state index < -0.39 is 6.03 Å². The van der Waals surface area contributed by atoms with Gasteiger partial charge in [-0.2, -0.15) is 0 Å². The second-order valence-electron chi connectivity index (χ2n) is 4.91. The van der Waals surface area contributed by atoms with Crippen molar-refractivity contribution in [3.63, 3.8) is 0 Å². The number of nitrogens with one attached hydrogen (secondary N) is 2. The molecule has 0 fully saturated rings. The Kier molecular flexibility index (Phi) is 4.09. The zero-order valence-electron chi connectivity index (χ0n) is 12.9. The van der Waals surface area contributed by atoms with E-state index in [1.165, 1.54) is 5.56 Å². The molecule has 23 heavy (non-hydrogen) atoms. The van der Waals surface area contributed by atoms with Gasteiger partial charge in [0.15, 0.2) is 5.65 Å². The molecule has 0 spiro atoms. The summed E-state index contributed by atoms with van der Waals surface area (Å²) in [5, 5.41) is 13.4. The van der Waals surface area contributed by atoms with Crippen LogP contribution in [0.4, 0.5) is 16.4 Å². The number of urea groups is 1. The quantitative estimate of drug-likeness (QED) is 0.776. The Labute approximate surface area is 133 Å². The maximum atomic E-state index is 12.1. The minimum Gasteiger partial charge on any atom is -0.482 e. The van der Waals surface area contributed by atoms with Gasteiger partial charge in [-0.25, -0.2) is 9.20 Å². The molecule has 0 saturated carbocycles. The highest BCUT2D eigenvalue weighted by atomic mass is 16.5. The summed E-state index contributed by atoms with van der Waals surface area (Å²) in [5.74, 6) is 0.829. The lowest BCUT2D eigenvalue weighted by Gasteiger charge is -2.08. The van der Waals surface area contributed by atoms with Crippen LogP contribution in [0.5, 0.6) is 5.88 Å². The molecule has 0 bridgehead atoms. The van der Waals surface area contributed by atoms with Crippen LogP contribution in [0.15, 0.2) is 42.5 Å². The van der Waals surface area contributed by atoms with E-state index in [4.69, 9.17) is 4.74 Å². The first-order chi connectivity index (χ1) is 11.2. The normalized spacial score (nSPS) is 10.5. The molecule has 7 nitrogen and oxygen atoms in total. The molecule has 3 rings (SSSR count). The van der Waals surface area contributed by atoms with Crippen LogP contribution in [0.2, 0.25) is 0 Å². The Bertz CT molecular complexity index is 826. The van der Waals surface area contributed by atoms with Crippen LogP contribution in [-0.4, -0.2) is 27.7 Å². The average Bonchev–Trinajstić information content (AvgIpc) is 2.98. The number of rotatable bonds is 4. The third-order valence-corrected chi connectivity index (χ3v) is 3.45. The van der Waals surface area contributed by atoms with Crippen molar-refractivity contribution in [1.29, 1.82) is 0 Å². The molecule has 0 radical (unpaired) electrons. The molecule has 118 valence electrons. The number of amides is 2. The number of hydrogen-bond acceptors (Lipinski definition) is 4. The number of methoxy groups -OCH3 is 1. The second kappa shape index (κ2) is 6.35. The van der Waals surface area contributed by atoms with E-state index in [0.29, 0.717) is 23.2 Å². The zero-order valence-corrected chi connectivity index (χ0v) is 12.9. The smallest absolute Gasteiger partial charge is 0.326 e. The molecule has 0 unspecified atom stereocenters. The summed E-state index contributed by atoms with van der Waals surface area (Å²) in [6, 6.07) is 12.6. The van der Waals surface area contributed by atoms with Crippen LogP contribution in [0.25, 0.3) is 5.65 Å². The average molecular weight is 311 g/mol. The summed E-state index contributed by atoms with van der Waals surface area (Å²) in [5.41, 5.74) is 2.51. The highest BCUT2D eigenvalue weighted by Crippen LogP contribution is 2.18. The Hall–Kier alpha value is -3.09. The van der Waals surface area contributed by atoms with Gasteiger partial charge < -0.3 is 10.1 Å². The van der Waals surface area contributed by atoms with E-state index in [1.807, 2.05) is 30.3 Å². The molecule has 0 aliphatic carbocycles. The van der Waals surface area contributed by atoms with Gasteiger partial charge in [-0.1, -0.05) is 25.1 Å². The molecular weight excluding hydrogens is 294 g/mol. The lowest BCUT2D eigenvalue weighted by atomic mass is 10.1. The number of hydrogen-bond donors (Lipinski definition) is 2. The Morgan fingerprint density at radius 2 is 1.91 bits per heavy atom. The molecule has 2 amide bonds. The SMILES string of the molecule is CCc1ccc(NC(=O)Nc2nnc3cccc(OC)n23)cc1. The highest BCUT2D eigenvalue weighted by molar-refractivity contribution is 5.98. The molecule has 0 atom stereocenters. The van der Waals surface area contributed by atoms with Crippen LogP contribution in [0, 0.1) is 0 Å². The molecule has 0 aliphatic rings. The molecule has 0 aliphatic heterocycles. The molecule has 2 N–H and O–H groups in total. The fourth-order valence-corrected chi connectivity index (χ4v) is 2.24. The van der Waals surface area contributed by atoms with Gasteiger partial charge in [0.1, 0.15) is 0 Å². The Morgan fingerprint density at radius 1 is 1.13 bits per heavy atom. The molecule has 2 heterocycles. The number of anilines is 2. The predicted molar refractivity (Wildman–Crippen MR) is 88.0 cm³/mol. The molecule has 2 aromatic heterocycles. The first-order valence-electron chi connectivity index (χ1n) is 7.26. The zero-order chi connectivity index (χ0) is 16.2. The maximum Gasteiger partial charge on any atom is 0.326 e. The summed E-state index contributed by atoms with van der Waals surface area (Å²) >= 11 is 0. The predicted octanol–water partition coefficient (Wildman–Crippen LogP) is 2.94.